The second-order valence-corrected chi connectivity index (χ2v) is 12.9. The molecule has 2 unspecified atom stereocenters. The maximum absolute atomic E-state index is 12.4. The lowest BCUT2D eigenvalue weighted by Crippen LogP contribution is -2.32. The summed E-state index contributed by atoms with van der Waals surface area (Å²) in [4.78, 5) is 53.3. The highest BCUT2D eigenvalue weighted by Crippen LogP contribution is 2.20. The molecule has 2 heterocycles. The van der Waals surface area contributed by atoms with Crippen molar-refractivity contribution in [1.82, 2.24) is 19.4 Å². The van der Waals surface area contributed by atoms with Gasteiger partial charge < -0.3 is 28.8 Å². The van der Waals surface area contributed by atoms with E-state index in [1.807, 2.05) is 80.8 Å². The number of pyridine rings is 2. The smallest absolute Gasteiger partial charge is 0.329 e. The van der Waals surface area contributed by atoms with Crippen molar-refractivity contribution in [1.29, 1.82) is 0 Å². The highest BCUT2D eigenvalue weighted by atomic mass is 16.5. The molecule has 45 heavy (non-hydrogen) atoms. The van der Waals surface area contributed by atoms with Gasteiger partial charge in [0.15, 0.2) is 0 Å². The number of hydrogen-bond donors (Lipinski definition) is 1. The molecule has 0 aliphatic carbocycles. The third-order valence-corrected chi connectivity index (χ3v) is 6.71. The number of hydrogen-bond acceptors (Lipinski definition) is 8. The minimum Gasteiger partial charge on any atom is -0.466 e. The Kier molecular flexibility index (Phi) is 19.9. The predicted octanol–water partition coefficient (Wildman–Crippen LogP) is 5.35. The molecule has 0 spiro atoms. The molecule has 2 rings (SSSR count). The summed E-state index contributed by atoms with van der Waals surface area (Å²) in [6.45, 7) is 20.1. The number of carbonyl (C=O) groups is 2. The van der Waals surface area contributed by atoms with Gasteiger partial charge in [0.1, 0.15) is 6.04 Å². The molecule has 0 aliphatic rings. The number of H-pyrrole nitrogens is 1. The second kappa shape index (κ2) is 21.5. The third-order valence-electron chi connectivity index (χ3n) is 6.71. The number of aromatic amines is 1. The molecule has 0 bridgehead atoms. The van der Waals surface area contributed by atoms with E-state index >= 15 is 0 Å². The second-order valence-electron chi connectivity index (χ2n) is 12.9. The molecule has 2 aromatic heterocycles. The first-order valence-electron chi connectivity index (χ1n) is 16.0. The summed E-state index contributed by atoms with van der Waals surface area (Å²) in [5, 5.41) is 0. The average Bonchev–Trinajstić information content (AvgIpc) is 2.91. The predicted molar refractivity (Wildman–Crippen MR) is 182 cm³/mol. The van der Waals surface area contributed by atoms with Crippen molar-refractivity contribution in [3.8, 4) is 0 Å². The topological polar surface area (TPSA) is 114 Å². The summed E-state index contributed by atoms with van der Waals surface area (Å²) >= 11 is 0. The first kappa shape index (κ1) is 41.8. The Balaban J connectivity index is 0.000000710. The van der Waals surface area contributed by atoms with Crippen molar-refractivity contribution in [2.45, 2.75) is 94.3 Å². The minimum absolute atomic E-state index is 0.0324. The van der Waals surface area contributed by atoms with E-state index in [1.165, 1.54) is 10.1 Å². The van der Waals surface area contributed by atoms with Crippen LogP contribution < -0.4 is 11.1 Å². The molecule has 0 saturated carbocycles. The Morgan fingerprint density at radius 3 is 1.73 bits per heavy atom. The van der Waals surface area contributed by atoms with E-state index in [2.05, 4.69) is 23.7 Å². The summed E-state index contributed by atoms with van der Waals surface area (Å²) in [6, 6.07) is 2.67. The molecular formula is C35H60N4O6. The van der Waals surface area contributed by atoms with Gasteiger partial charge in [-0.3, -0.25) is 14.4 Å². The zero-order valence-corrected chi connectivity index (χ0v) is 30.2. The zero-order valence-electron chi connectivity index (χ0n) is 30.2. The summed E-state index contributed by atoms with van der Waals surface area (Å²) in [5.41, 5.74) is 4.02. The Morgan fingerprint density at radius 2 is 1.27 bits per heavy atom. The molecule has 0 radical (unpaired) electrons. The summed E-state index contributed by atoms with van der Waals surface area (Å²) in [6.07, 6.45) is 5.08. The van der Waals surface area contributed by atoms with Crippen molar-refractivity contribution in [2.24, 2.45) is 17.8 Å². The van der Waals surface area contributed by atoms with Gasteiger partial charge in [-0.15, -0.1) is 0 Å². The zero-order chi connectivity index (χ0) is 34.9. The molecule has 256 valence electrons. The summed E-state index contributed by atoms with van der Waals surface area (Å²) in [5.74, 6) is 0.503. The minimum atomic E-state index is -0.561. The van der Waals surface area contributed by atoms with Crippen LogP contribution in [-0.4, -0.2) is 72.7 Å². The molecule has 2 atom stereocenters. The van der Waals surface area contributed by atoms with Gasteiger partial charge in [0, 0.05) is 37.6 Å². The molecule has 0 aromatic carbocycles. The van der Waals surface area contributed by atoms with Gasteiger partial charge in [-0.25, -0.2) is 4.79 Å². The first-order valence-corrected chi connectivity index (χ1v) is 16.0. The average molecular weight is 633 g/mol. The summed E-state index contributed by atoms with van der Waals surface area (Å²) in [7, 11) is 7.97. The largest absolute Gasteiger partial charge is 0.466 e. The molecule has 10 nitrogen and oxygen atoms in total. The number of aromatic nitrogens is 2. The van der Waals surface area contributed by atoms with Crippen LogP contribution in [0.25, 0.3) is 0 Å². The highest BCUT2D eigenvalue weighted by Gasteiger charge is 2.24. The maximum Gasteiger partial charge on any atom is 0.329 e. The van der Waals surface area contributed by atoms with Crippen LogP contribution in [0.5, 0.6) is 0 Å². The Labute approximate surface area is 271 Å². The van der Waals surface area contributed by atoms with E-state index in [1.54, 1.807) is 25.3 Å². The van der Waals surface area contributed by atoms with E-state index in [0.29, 0.717) is 31.5 Å². The van der Waals surface area contributed by atoms with Gasteiger partial charge >= 0.3 is 11.9 Å². The third kappa shape index (κ3) is 17.1. The van der Waals surface area contributed by atoms with E-state index in [0.717, 1.165) is 36.2 Å². The number of nitrogens with zero attached hydrogens (tertiary/aromatic N) is 3. The lowest BCUT2D eigenvalue weighted by Gasteiger charge is -2.22. The van der Waals surface area contributed by atoms with E-state index in [-0.39, 0.29) is 29.0 Å². The van der Waals surface area contributed by atoms with Crippen LogP contribution in [0.4, 0.5) is 0 Å². The van der Waals surface area contributed by atoms with Gasteiger partial charge in [-0.1, -0.05) is 34.6 Å². The van der Waals surface area contributed by atoms with Crippen molar-refractivity contribution >= 4 is 11.9 Å². The van der Waals surface area contributed by atoms with Gasteiger partial charge in [-0.2, -0.15) is 0 Å². The lowest BCUT2D eigenvalue weighted by atomic mass is 9.99. The molecule has 0 aliphatic heterocycles. The molecule has 10 heteroatoms. The standard InChI is InChI=1S/C17H28N2O3.C9H14N2O.C9H18O2/c1-7-22-17(21)15(8-12(2)3)19-11-14(10-18(5)6)13(4)9-16(19)20;1-7-4-9(12)10-5-8(7)6-11(2)3;1-5-11-9(10)8(4)6-7(2)3/h9,11-12,15H,7-8,10H2,1-6H3;4-5H,6H2,1-3H3,(H,10,12);7-8H,5-6H2,1-4H3. The molecular weight excluding hydrogens is 572 g/mol. The fourth-order valence-electron chi connectivity index (χ4n) is 4.65. The van der Waals surface area contributed by atoms with Crippen LogP contribution in [0, 0.1) is 31.6 Å². The maximum atomic E-state index is 12.4. The number of nitrogens with one attached hydrogen (secondary N) is 1. The molecule has 2 aromatic rings. The lowest BCUT2D eigenvalue weighted by molar-refractivity contribution is -0.148. The van der Waals surface area contributed by atoms with Crippen LogP contribution >= 0.6 is 0 Å². The van der Waals surface area contributed by atoms with Crippen molar-refractivity contribution in [2.75, 3.05) is 41.4 Å². The van der Waals surface area contributed by atoms with Gasteiger partial charge in [0.25, 0.3) is 5.56 Å². The Bertz CT molecular complexity index is 1280. The van der Waals surface area contributed by atoms with Crippen molar-refractivity contribution in [3.63, 3.8) is 0 Å². The van der Waals surface area contributed by atoms with Crippen LogP contribution in [0.2, 0.25) is 0 Å². The number of esters is 2. The van der Waals surface area contributed by atoms with Crippen LogP contribution in [0.3, 0.4) is 0 Å². The molecule has 0 amide bonds. The van der Waals surface area contributed by atoms with Crippen molar-refractivity contribution < 1.29 is 19.1 Å². The van der Waals surface area contributed by atoms with E-state index < -0.39 is 6.04 Å². The van der Waals surface area contributed by atoms with Crippen LogP contribution in [0.15, 0.2) is 34.1 Å². The van der Waals surface area contributed by atoms with Gasteiger partial charge in [-0.05, 0) is 103 Å². The Hall–Kier alpha value is -3.24. The number of rotatable bonds is 13. The summed E-state index contributed by atoms with van der Waals surface area (Å²) < 4.78 is 11.6. The normalized spacial score (nSPS) is 12.3. The molecule has 1 N–H and O–H groups in total. The SMILES string of the molecule is CCOC(=O)C(C)CC(C)C.CCOC(=O)C(CC(C)C)n1cc(CN(C)C)c(C)cc1=O.Cc1cc(=O)[nH]cc1CN(C)C. The fraction of sp³-hybridized carbons (Fsp3) is 0.657. The monoisotopic (exact) mass is 632 g/mol. The Morgan fingerprint density at radius 1 is 0.778 bits per heavy atom. The van der Waals surface area contributed by atoms with E-state index in [9.17, 15) is 19.2 Å². The van der Waals surface area contributed by atoms with Gasteiger partial charge in [0.05, 0.1) is 19.1 Å². The van der Waals surface area contributed by atoms with Crippen LogP contribution in [-0.2, 0) is 32.2 Å². The van der Waals surface area contributed by atoms with E-state index in [4.69, 9.17) is 9.47 Å². The van der Waals surface area contributed by atoms with Gasteiger partial charge in [0.2, 0.25) is 5.56 Å². The molecule has 0 fully saturated rings. The number of aryl methyl sites for hydroxylation is 2. The number of ether oxygens (including phenoxy) is 2. The van der Waals surface area contributed by atoms with Crippen molar-refractivity contribution in [3.05, 3.63) is 67.5 Å². The highest BCUT2D eigenvalue weighted by molar-refractivity contribution is 5.74. The molecule has 0 saturated heterocycles. The fourth-order valence-corrected chi connectivity index (χ4v) is 4.65. The quantitative estimate of drug-likeness (QED) is 0.294. The number of carbonyl (C=O) groups excluding carboxylic acids is 2. The first-order chi connectivity index (χ1) is 20.9. The van der Waals surface area contributed by atoms with Crippen LogP contribution in [0.1, 0.15) is 89.6 Å².